The molecule has 2 unspecified atom stereocenters. The zero-order valence-corrected chi connectivity index (χ0v) is 14.1. The third-order valence-electron chi connectivity index (χ3n) is 3.20. The minimum atomic E-state index is -0.880. The molecule has 0 aromatic carbocycles. The average molecular weight is 322 g/mol. The van der Waals surface area contributed by atoms with Crippen molar-refractivity contribution in [2.75, 3.05) is 13.2 Å². The van der Waals surface area contributed by atoms with Gasteiger partial charge in [-0.2, -0.15) is 0 Å². The van der Waals surface area contributed by atoms with Crippen LogP contribution in [0.4, 0.5) is 0 Å². The second-order valence-electron chi connectivity index (χ2n) is 5.44. The van der Waals surface area contributed by atoms with Gasteiger partial charge in [-0.15, -0.1) is 0 Å². The van der Waals surface area contributed by atoms with Gasteiger partial charge in [0.1, 0.15) is 18.8 Å². The van der Waals surface area contributed by atoms with Crippen LogP contribution in [0.25, 0.3) is 0 Å². The Hall–Kier alpha value is -1.46. The Morgan fingerprint density at radius 2 is 1.70 bits per heavy atom. The quantitative estimate of drug-likeness (QED) is 0.293. The van der Waals surface area contributed by atoms with Gasteiger partial charge in [-0.25, -0.2) is 0 Å². The first-order valence-electron chi connectivity index (χ1n) is 8.45. The molecule has 4 nitrogen and oxygen atoms in total. The largest absolute Gasteiger partial charge is 0.498 e. The molecule has 0 saturated heterocycles. The third-order valence-corrected chi connectivity index (χ3v) is 3.20. The molecule has 0 amide bonds. The van der Waals surface area contributed by atoms with E-state index in [1.165, 1.54) is 44.4 Å². The highest BCUT2D eigenvalue weighted by Gasteiger charge is 1.99. The molecule has 0 rings (SSSR count). The van der Waals surface area contributed by atoms with E-state index in [-0.39, 0.29) is 13.2 Å². The van der Waals surface area contributed by atoms with Gasteiger partial charge in [-0.3, -0.25) is 0 Å². The summed E-state index contributed by atoms with van der Waals surface area (Å²) in [5.74, 6) is 10.5. The van der Waals surface area contributed by atoms with Crippen molar-refractivity contribution in [3.05, 3.63) is 12.3 Å². The maximum Gasteiger partial charge on any atom is 0.115 e. The Bertz CT molecular complexity index is 409. The van der Waals surface area contributed by atoms with Crippen molar-refractivity contribution in [2.24, 2.45) is 0 Å². The number of aliphatic hydroxyl groups excluding tert-OH is 3. The van der Waals surface area contributed by atoms with Crippen LogP contribution >= 0.6 is 0 Å². The molecule has 0 aromatic heterocycles. The van der Waals surface area contributed by atoms with Crippen LogP contribution < -0.4 is 0 Å². The highest BCUT2D eigenvalue weighted by atomic mass is 16.5. The Kier molecular flexibility index (Phi) is 15.8. The van der Waals surface area contributed by atoms with Crippen molar-refractivity contribution in [1.82, 2.24) is 0 Å². The summed E-state index contributed by atoms with van der Waals surface area (Å²) in [5.41, 5.74) is 0. The van der Waals surface area contributed by atoms with E-state index in [9.17, 15) is 5.11 Å². The normalized spacial score (nSPS) is 12.9. The fraction of sp³-hybridized carbons (Fsp3) is 0.684. The van der Waals surface area contributed by atoms with Crippen LogP contribution in [0.1, 0.15) is 58.3 Å². The summed E-state index contributed by atoms with van der Waals surface area (Å²) < 4.78 is 4.92. The fourth-order valence-electron chi connectivity index (χ4n) is 1.87. The molecule has 2 atom stereocenters. The number of unbranched alkanes of at least 4 members (excludes halogenated alkanes) is 6. The zero-order valence-electron chi connectivity index (χ0n) is 14.1. The summed E-state index contributed by atoms with van der Waals surface area (Å²) in [6, 6.07) is 0. The molecule has 130 valence electrons. The summed E-state index contributed by atoms with van der Waals surface area (Å²) in [7, 11) is 0. The van der Waals surface area contributed by atoms with E-state index in [1.54, 1.807) is 0 Å². The molecule has 4 heteroatoms. The van der Waals surface area contributed by atoms with Crippen LogP contribution in [0.5, 0.6) is 0 Å². The summed E-state index contributed by atoms with van der Waals surface area (Å²) in [6.45, 7) is 1.90. The first-order valence-corrected chi connectivity index (χ1v) is 8.45. The molecule has 0 aromatic rings. The van der Waals surface area contributed by atoms with Crippen molar-refractivity contribution in [3.8, 4) is 23.7 Å². The molecule has 0 fully saturated rings. The summed E-state index contributed by atoms with van der Waals surface area (Å²) in [5, 5.41) is 27.3. The van der Waals surface area contributed by atoms with Crippen molar-refractivity contribution in [1.29, 1.82) is 0 Å². The van der Waals surface area contributed by atoms with E-state index in [2.05, 4.69) is 30.6 Å². The summed E-state index contributed by atoms with van der Waals surface area (Å²) >= 11 is 0. The molecule has 0 bridgehead atoms. The smallest absolute Gasteiger partial charge is 0.115 e. The second-order valence-corrected chi connectivity index (χ2v) is 5.44. The summed E-state index contributed by atoms with van der Waals surface area (Å²) in [4.78, 5) is 0. The zero-order chi connectivity index (χ0) is 17.2. The van der Waals surface area contributed by atoms with Crippen LogP contribution in [-0.2, 0) is 4.74 Å². The molecular weight excluding hydrogens is 292 g/mol. The van der Waals surface area contributed by atoms with E-state index >= 15 is 0 Å². The molecular formula is C19H30O4. The lowest BCUT2D eigenvalue weighted by atomic mass is 10.1. The van der Waals surface area contributed by atoms with Crippen LogP contribution in [0.15, 0.2) is 12.3 Å². The van der Waals surface area contributed by atoms with Crippen molar-refractivity contribution in [2.45, 2.75) is 70.5 Å². The minimum absolute atomic E-state index is 0.0253. The van der Waals surface area contributed by atoms with Crippen LogP contribution in [0.2, 0.25) is 0 Å². The Balaban J connectivity index is 3.64. The van der Waals surface area contributed by atoms with Crippen LogP contribution in [-0.4, -0.2) is 40.7 Å². The monoisotopic (exact) mass is 322 g/mol. The molecule has 0 aliphatic carbocycles. The van der Waals surface area contributed by atoms with Crippen LogP contribution in [0.3, 0.4) is 0 Å². The Morgan fingerprint density at radius 3 is 2.39 bits per heavy atom. The van der Waals surface area contributed by atoms with Gasteiger partial charge in [0, 0.05) is 6.08 Å². The van der Waals surface area contributed by atoms with E-state index in [1.807, 2.05) is 0 Å². The molecule has 0 radical (unpaired) electrons. The Morgan fingerprint density at radius 1 is 1.00 bits per heavy atom. The number of ether oxygens (including phenoxy) is 1. The van der Waals surface area contributed by atoms with E-state index in [4.69, 9.17) is 14.9 Å². The SMILES string of the molecule is CCCCCCCCCC(O)C#CC#CC=COCC(O)CO. The standard InChI is InChI=1S/C19H30O4/c1-2-3-4-5-6-7-10-13-18(21)14-11-8-9-12-15-23-17-19(22)16-20/h12,15,18-22H,2-7,10,13,16-17H2,1H3. The lowest BCUT2D eigenvalue weighted by Crippen LogP contribution is -2.17. The molecule has 0 saturated carbocycles. The number of aliphatic hydroxyl groups is 3. The van der Waals surface area contributed by atoms with Crippen molar-refractivity contribution >= 4 is 0 Å². The molecule has 23 heavy (non-hydrogen) atoms. The first-order chi connectivity index (χ1) is 11.2. The predicted molar refractivity (Wildman–Crippen MR) is 92.4 cm³/mol. The predicted octanol–water partition coefficient (Wildman–Crippen LogP) is 2.38. The maximum atomic E-state index is 9.68. The van der Waals surface area contributed by atoms with Crippen molar-refractivity contribution < 1.29 is 20.1 Å². The first kappa shape index (κ1) is 21.5. The van der Waals surface area contributed by atoms with Gasteiger partial charge in [0.2, 0.25) is 0 Å². The molecule has 0 heterocycles. The second kappa shape index (κ2) is 16.9. The molecule has 0 aliphatic rings. The Labute approximate surface area is 140 Å². The lowest BCUT2D eigenvalue weighted by molar-refractivity contribution is 0.0385. The van der Waals surface area contributed by atoms with Crippen molar-refractivity contribution in [3.63, 3.8) is 0 Å². The van der Waals surface area contributed by atoms with Gasteiger partial charge in [-0.05, 0) is 24.7 Å². The molecule has 0 spiro atoms. The van der Waals surface area contributed by atoms with Gasteiger partial charge in [0.25, 0.3) is 0 Å². The molecule has 0 aliphatic heterocycles. The van der Waals surface area contributed by atoms with Gasteiger partial charge in [0.05, 0.1) is 12.9 Å². The number of hydrogen-bond acceptors (Lipinski definition) is 4. The highest BCUT2D eigenvalue weighted by molar-refractivity contribution is 5.31. The van der Waals surface area contributed by atoms with E-state index in [0.29, 0.717) is 6.42 Å². The highest BCUT2D eigenvalue weighted by Crippen LogP contribution is 2.09. The minimum Gasteiger partial charge on any atom is -0.498 e. The average Bonchev–Trinajstić information content (AvgIpc) is 2.56. The molecule has 3 N–H and O–H groups in total. The van der Waals surface area contributed by atoms with Gasteiger partial charge < -0.3 is 20.1 Å². The summed E-state index contributed by atoms with van der Waals surface area (Å²) in [6.07, 6.45) is 10.5. The number of rotatable bonds is 12. The third kappa shape index (κ3) is 16.7. The van der Waals surface area contributed by atoms with Crippen LogP contribution in [0, 0.1) is 23.7 Å². The van der Waals surface area contributed by atoms with Gasteiger partial charge >= 0.3 is 0 Å². The lowest BCUT2D eigenvalue weighted by Gasteiger charge is -2.04. The van der Waals surface area contributed by atoms with E-state index in [0.717, 1.165) is 12.8 Å². The van der Waals surface area contributed by atoms with Gasteiger partial charge in [-0.1, -0.05) is 57.3 Å². The fourth-order valence-corrected chi connectivity index (χ4v) is 1.87. The van der Waals surface area contributed by atoms with Gasteiger partial charge in [0.15, 0.2) is 0 Å². The topological polar surface area (TPSA) is 69.9 Å². The number of hydrogen-bond donors (Lipinski definition) is 3. The maximum absolute atomic E-state index is 9.68. The number of allylic oxidation sites excluding steroid dienone is 1. The van der Waals surface area contributed by atoms with E-state index < -0.39 is 12.2 Å².